The third-order valence-corrected chi connectivity index (χ3v) is 3.26. The maximum absolute atomic E-state index is 10.4. The second-order valence-corrected chi connectivity index (χ2v) is 4.62. The number of aliphatic hydroxyl groups is 1. The minimum atomic E-state index is -0.473. The quantitative estimate of drug-likeness (QED) is 0.840. The van der Waals surface area contributed by atoms with Gasteiger partial charge in [0, 0.05) is 11.6 Å². The second-order valence-electron chi connectivity index (χ2n) is 4.62. The van der Waals surface area contributed by atoms with Crippen LogP contribution in [0.4, 0.5) is 0 Å². The fourth-order valence-corrected chi connectivity index (χ4v) is 2.38. The van der Waals surface area contributed by atoms with Gasteiger partial charge in [0.05, 0.1) is 12.7 Å². The predicted octanol–water partition coefficient (Wildman–Crippen LogP) is 2.18. The van der Waals surface area contributed by atoms with Crippen LogP contribution in [0.25, 0.3) is 0 Å². The minimum Gasteiger partial charge on any atom is -0.493 e. The molecule has 17 heavy (non-hydrogen) atoms. The summed E-state index contributed by atoms with van der Waals surface area (Å²) in [6.07, 6.45) is 1.69. The van der Waals surface area contributed by atoms with E-state index in [1.807, 2.05) is 32.0 Å². The van der Waals surface area contributed by atoms with Gasteiger partial charge in [-0.3, -0.25) is 0 Å². The number of aryl methyl sites for hydroxylation is 1. The Hall–Kier alpha value is -1.06. The van der Waals surface area contributed by atoms with Gasteiger partial charge in [0.15, 0.2) is 0 Å². The Kier molecular flexibility index (Phi) is 4.02. The molecule has 2 unspecified atom stereocenters. The van der Waals surface area contributed by atoms with Crippen molar-refractivity contribution in [3.8, 4) is 5.75 Å². The summed E-state index contributed by atoms with van der Waals surface area (Å²) in [5.74, 6) is 0.805. The molecule has 0 radical (unpaired) electrons. The van der Waals surface area contributed by atoms with Crippen molar-refractivity contribution in [2.24, 2.45) is 0 Å². The van der Waals surface area contributed by atoms with E-state index < -0.39 is 6.10 Å². The maximum Gasteiger partial charge on any atom is 0.125 e. The van der Waals surface area contributed by atoms with E-state index in [9.17, 15) is 5.11 Å². The second kappa shape index (κ2) is 5.52. The Balaban J connectivity index is 2.24. The Morgan fingerprint density at radius 3 is 3.00 bits per heavy atom. The van der Waals surface area contributed by atoms with Crippen LogP contribution >= 0.6 is 0 Å². The number of ether oxygens (including phenoxy) is 1. The lowest BCUT2D eigenvalue weighted by Gasteiger charge is -2.21. The third kappa shape index (κ3) is 2.79. The van der Waals surface area contributed by atoms with Crippen LogP contribution in [-0.2, 0) is 0 Å². The summed E-state index contributed by atoms with van der Waals surface area (Å²) >= 11 is 0. The molecule has 0 aromatic heterocycles. The van der Waals surface area contributed by atoms with Gasteiger partial charge in [-0.2, -0.15) is 0 Å². The summed E-state index contributed by atoms with van der Waals surface area (Å²) in [5.41, 5.74) is 2.06. The van der Waals surface area contributed by atoms with E-state index in [4.69, 9.17) is 4.74 Å². The van der Waals surface area contributed by atoms with Crippen molar-refractivity contribution in [3.63, 3.8) is 0 Å². The molecule has 3 heteroatoms. The zero-order chi connectivity index (χ0) is 12.3. The molecule has 1 aliphatic rings. The first-order chi connectivity index (χ1) is 8.22. The zero-order valence-electron chi connectivity index (χ0n) is 10.6. The lowest BCUT2D eigenvalue weighted by atomic mass is 9.98. The largest absolute Gasteiger partial charge is 0.493 e. The molecule has 0 saturated carbocycles. The van der Waals surface area contributed by atoms with E-state index in [0.717, 1.165) is 36.3 Å². The predicted molar refractivity (Wildman–Crippen MR) is 68.3 cm³/mol. The number of nitrogens with one attached hydrogen (secondary N) is 1. The molecule has 1 fully saturated rings. The Morgan fingerprint density at radius 1 is 1.53 bits per heavy atom. The van der Waals surface area contributed by atoms with Crippen molar-refractivity contribution < 1.29 is 9.84 Å². The molecule has 1 aromatic rings. The summed E-state index contributed by atoms with van der Waals surface area (Å²) < 4.78 is 5.58. The molecule has 0 amide bonds. The number of rotatable bonds is 4. The summed E-state index contributed by atoms with van der Waals surface area (Å²) in [6, 6.07) is 6.15. The summed E-state index contributed by atoms with van der Waals surface area (Å²) in [7, 11) is 0. The highest BCUT2D eigenvalue weighted by Gasteiger charge is 2.26. The van der Waals surface area contributed by atoms with Gasteiger partial charge < -0.3 is 15.2 Å². The normalized spacial score (nSPS) is 21.5. The molecular formula is C14H21NO2. The van der Waals surface area contributed by atoms with Crippen LogP contribution in [0.3, 0.4) is 0 Å². The smallest absolute Gasteiger partial charge is 0.125 e. The van der Waals surface area contributed by atoms with Gasteiger partial charge in [0.25, 0.3) is 0 Å². The van der Waals surface area contributed by atoms with E-state index in [-0.39, 0.29) is 6.04 Å². The van der Waals surface area contributed by atoms with Crippen LogP contribution in [0.15, 0.2) is 18.2 Å². The van der Waals surface area contributed by atoms with Gasteiger partial charge in [-0.15, -0.1) is 0 Å². The van der Waals surface area contributed by atoms with E-state index in [1.54, 1.807) is 0 Å². The van der Waals surface area contributed by atoms with Gasteiger partial charge in [0.2, 0.25) is 0 Å². The van der Waals surface area contributed by atoms with Crippen molar-refractivity contribution in [1.82, 2.24) is 5.32 Å². The molecule has 1 aromatic carbocycles. The summed E-state index contributed by atoms with van der Waals surface area (Å²) in [5, 5.41) is 13.7. The highest BCUT2D eigenvalue weighted by molar-refractivity contribution is 5.39. The van der Waals surface area contributed by atoms with Crippen molar-refractivity contribution in [1.29, 1.82) is 0 Å². The minimum absolute atomic E-state index is 0.163. The SMILES string of the molecule is CCOc1ccc(C)cc1C(O)C1CCCN1. The Labute approximate surface area is 103 Å². The van der Waals surface area contributed by atoms with Gasteiger partial charge in [0.1, 0.15) is 5.75 Å². The molecule has 2 rings (SSSR count). The molecule has 2 N–H and O–H groups in total. The van der Waals surface area contributed by atoms with E-state index in [2.05, 4.69) is 5.32 Å². The van der Waals surface area contributed by atoms with Crippen molar-refractivity contribution in [2.45, 2.75) is 38.8 Å². The molecule has 2 atom stereocenters. The summed E-state index contributed by atoms with van der Waals surface area (Å²) in [4.78, 5) is 0. The van der Waals surface area contributed by atoms with Crippen LogP contribution in [0.5, 0.6) is 5.75 Å². The van der Waals surface area contributed by atoms with Crippen LogP contribution < -0.4 is 10.1 Å². The van der Waals surface area contributed by atoms with Gasteiger partial charge in [-0.05, 0) is 45.4 Å². The fourth-order valence-electron chi connectivity index (χ4n) is 2.38. The van der Waals surface area contributed by atoms with Crippen LogP contribution in [-0.4, -0.2) is 24.3 Å². The molecule has 1 aliphatic heterocycles. The summed E-state index contributed by atoms with van der Waals surface area (Å²) in [6.45, 7) is 5.62. The molecule has 1 saturated heterocycles. The number of hydrogen-bond donors (Lipinski definition) is 2. The zero-order valence-corrected chi connectivity index (χ0v) is 10.6. The number of aliphatic hydroxyl groups excluding tert-OH is 1. The lowest BCUT2D eigenvalue weighted by molar-refractivity contribution is 0.133. The van der Waals surface area contributed by atoms with Crippen LogP contribution in [0.1, 0.15) is 37.0 Å². The Morgan fingerprint density at radius 2 is 2.35 bits per heavy atom. The molecule has 0 spiro atoms. The van der Waals surface area contributed by atoms with E-state index >= 15 is 0 Å². The average Bonchev–Trinajstić information content (AvgIpc) is 2.84. The molecule has 94 valence electrons. The number of benzene rings is 1. The number of hydrogen-bond acceptors (Lipinski definition) is 3. The van der Waals surface area contributed by atoms with Crippen molar-refractivity contribution >= 4 is 0 Å². The lowest BCUT2D eigenvalue weighted by Crippen LogP contribution is -2.29. The third-order valence-electron chi connectivity index (χ3n) is 3.26. The van der Waals surface area contributed by atoms with Crippen molar-refractivity contribution in [3.05, 3.63) is 29.3 Å². The van der Waals surface area contributed by atoms with Gasteiger partial charge in [-0.1, -0.05) is 11.6 Å². The van der Waals surface area contributed by atoms with Crippen LogP contribution in [0, 0.1) is 6.92 Å². The fraction of sp³-hybridized carbons (Fsp3) is 0.571. The highest BCUT2D eigenvalue weighted by Crippen LogP contribution is 2.31. The molecule has 0 bridgehead atoms. The maximum atomic E-state index is 10.4. The first kappa shape index (κ1) is 12.4. The molecular weight excluding hydrogens is 214 g/mol. The van der Waals surface area contributed by atoms with E-state index in [1.165, 1.54) is 0 Å². The van der Waals surface area contributed by atoms with Gasteiger partial charge in [-0.25, -0.2) is 0 Å². The van der Waals surface area contributed by atoms with Crippen LogP contribution in [0.2, 0.25) is 0 Å². The topological polar surface area (TPSA) is 41.5 Å². The molecule has 0 aliphatic carbocycles. The average molecular weight is 235 g/mol. The Bertz CT molecular complexity index is 372. The standard InChI is InChI=1S/C14H21NO2/c1-3-17-13-7-6-10(2)9-11(13)14(16)12-5-4-8-15-12/h6-7,9,12,14-16H,3-5,8H2,1-2H3. The molecule has 1 heterocycles. The first-order valence-electron chi connectivity index (χ1n) is 6.37. The highest BCUT2D eigenvalue weighted by atomic mass is 16.5. The monoisotopic (exact) mass is 235 g/mol. The first-order valence-corrected chi connectivity index (χ1v) is 6.37. The van der Waals surface area contributed by atoms with Gasteiger partial charge >= 0.3 is 0 Å². The van der Waals surface area contributed by atoms with Crippen molar-refractivity contribution in [2.75, 3.05) is 13.2 Å². The van der Waals surface area contributed by atoms with E-state index in [0.29, 0.717) is 6.61 Å². The molecule has 3 nitrogen and oxygen atoms in total.